The molecule has 2 aliphatic carbocycles. The minimum atomic E-state index is -0.477. The third kappa shape index (κ3) is 7.43. The number of Topliss-reactive ketones (excluding diaryl/α,β-unsaturated/α-hetero) is 2. The highest BCUT2D eigenvalue weighted by Crippen LogP contribution is 2.55. The van der Waals surface area contributed by atoms with Crippen molar-refractivity contribution in [2.75, 3.05) is 13.2 Å². The fourth-order valence-electron chi connectivity index (χ4n) is 7.90. The molecular formula is C43H48ClNO4. The summed E-state index contributed by atoms with van der Waals surface area (Å²) >= 11 is 6.27. The highest BCUT2D eigenvalue weighted by Gasteiger charge is 2.49. The van der Waals surface area contributed by atoms with Crippen LogP contribution < -0.4 is 9.47 Å². The molecule has 1 heterocycles. The second-order valence-corrected chi connectivity index (χ2v) is 15.7. The zero-order chi connectivity index (χ0) is 34.9. The lowest BCUT2D eigenvalue weighted by atomic mass is 9.63. The molecule has 0 unspecified atom stereocenters. The molecule has 0 radical (unpaired) electrons. The number of hydrogen-bond acceptors (Lipinski definition) is 5. The topological polar surface area (TPSA) is 55.8 Å². The first-order valence-corrected chi connectivity index (χ1v) is 17.9. The summed E-state index contributed by atoms with van der Waals surface area (Å²) in [4.78, 5) is 31.2. The van der Waals surface area contributed by atoms with E-state index in [4.69, 9.17) is 21.1 Å². The van der Waals surface area contributed by atoms with E-state index in [1.165, 1.54) is 5.56 Å². The van der Waals surface area contributed by atoms with E-state index in [2.05, 4.69) is 69.5 Å². The zero-order valence-electron chi connectivity index (χ0n) is 29.5. The van der Waals surface area contributed by atoms with Crippen molar-refractivity contribution in [2.24, 2.45) is 10.8 Å². The molecule has 0 spiro atoms. The van der Waals surface area contributed by atoms with Gasteiger partial charge < -0.3 is 14.4 Å². The number of ether oxygens (including phenoxy) is 2. The van der Waals surface area contributed by atoms with Gasteiger partial charge in [0.05, 0.1) is 6.61 Å². The predicted octanol–water partition coefficient (Wildman–Crippen LogP) is 9.97. The van der Waals surface area contributed by atoms with Gasteiger partial charge >= 0.3 is 0 Å². The number of allylic oxidation sites excluding steroid dienone is 5. The molecule has 0 aromatic heterocycles. The van der Waals surface area contributed by atoms with Crippen LogP contribution in [0.5, 0.6) is 11.5 Å². The van der Waals surface area contributed by atoms with Gasteiger partial charge in [-0.05, 0) is 78.3 Å². The van der Waals surface area contributed by atoms with E-state index in [9.17, 15) is 9.59 Å². The standard InChI is InChI=1S/C43H48ClNO4/c1-7-13-30-21-31(22-37(48-8-2)41(30)49-27-29-16-12-17-32(44)20-29)38-39-33(23-42(3,4)25-35(39)46)45(19-18-28-14-10-9-11-15-28)34-24-43(5,6)26-36(47)40(34)38/h7,9-12,14-17,20-22,38H,1,8,13,18-19,23-27H2,2-6H3. The quantitative estimate of drug-likeness (QED) is 0.189. The number of hydrogen-bond donors (Lipinski definition) is 0. The summed E-state index contributed by atoms with van der Waals surface area (Å²) in [5.41, 5.74) is 7.24. The monoisotopic (exact) mass is 677 g/mol. The van der Waals surface area contributed by atoms with Crippen LogP contribution >= 0.6 is 11.6 Å². The van der Waals surface area contributed by atoms with E-state index in [0.29, 0.717) is 55.5 Å². The van der Waals surface area contributed by atoms with Gasteiger partial charge in [-0.1, -0.05) is 93.9 Å². The molecule has 3 aromatic carbocycles. The van der Waals surface area contributed by atoms with Gasteiger partial charge in [0.2, 0.25) is 0 Å². The van der Waals surface area contributed by atoms with Crippen molar-refractivity contribution >= 4 is 23.2 Å². The Kier molecular flexibility index (Phi) is 9.95. The summed E-state index contributed by atoms with van der Waals surface area (Å²) in [6, 6.07) is 22.2. The number of benzene rings is 3. The first-order chi connectivity index (χ1) is 23.4. The Balaban J connectivity index is 1.52. The molecule has 0 amide bonds. The van der Waals surface area contributed by atoms with Crippen LogP contribution in [0.3, 0.4) is 0 Å². The number of nitrogens with zero attached hydrogens (tertiary/aromatic N) is 1. The van der Waals surface area contributed by atoms with Crippen molar-refractivity contribution in [2.45, 2.75) is 85.7 Å². The molecule has 0 bridgehead atoms. The van der Waals surface area contributed by atoms with Gasteiger partial charge in [-0.2, -0.15) is 0 Å². The fraction of sp³-hybridized carbons (Fsp3) is 0.395. The normalized spacial score (nSPS) is 18.7. The smallest absolute Gasteiger partial charge is 0.165 e. The van der Waals surface area contributed by atoms with Gasteiger partial charge in [-0.3, -0.25) is 9.59 Å². The van der Waals surface area contributed by atoms with Gasteiger partial charge in [-0.15, -0.1) is 6.58 Å². The van der Waals surface area contributed by atoms with Crippen molar-refractivity contribution in [3.8, 4) is 11.5 Å². The van der Waals surface area contributed by atoms with E-state index in [1.54, 1.807) is 0 Å². The van der Waals surface area contributed by atoms with Crippen molar-refractivity contribution in [1.29, 1.82) is 0 Å². The molecule has 6 heteroatoms. The average molecular weight is 678 g/mol. The zero-order valence-corrected chi connectivity index (χ0v) is 30.3. The van der Waals surface area contributed by atoms with Crippen molar-refractivity contribution in [3.05, 3.63) is 129 Å². The maximum absolute atomic E-state index is 14.4. The van der Waals surface area contributed by atoms with E-state index in [0.717, 1.165) is 58.5 Å². The van der Waals surface area contributed by atoms with Crippen LogP contribution in [0.1, 0.15) is 88.5 Å². The molecule has 6 rings (SSSR count). The molecule has 256 valence electrons. The summed E-state index contributed by atoms with van der Waals surface area (Å²) in [5.74, 6) is 1.00. The Morgan fingerprint density at radius 1 is 0.837 bits per heavy atom. The van der Waals surface area contributed by atoms with E-state index in [-0.39, 0.29) is 22.4 Å². The Morgan fingerprint density at radius 2 is 1.47 bits per heavy atom. The average Bonchev–Trinajstić information content (AvgIpc) is 3.02. The number of carbonyl (C=O) groups is 2. The van der Waals surface area contributed by atoms with Crippen LogP contribution in [0.15, 0.2) is 102 Å². The second-order valence-electron chi connectivity index (χ2n) is 15.3. The van der Waals surface area contributed by atoms with Crippen LogP contribution in [-0.4, -0.2) is 29.6 Å². The van der Waals surface area contributed by atoms with Gasteiger partial charge in [0.25, 0.3) is 0 Å². The third-order valence-corrected chi connectivity index (χ3v) is 10.1. The SMILES string of the molecule is C=CCc1cc(C2C3=C(CC(C)(C)CC3=O)N(CCc3ccccc3)C3=C2C(=O)CC(C)(C)C3)cc(OCC)c1OCc1cccc(Cl)c1. The molecule has 0 fully saturated rings. The summed E-state index contributed by atoms with van der Waals surface area (Å²) in [5, 5.41) is 0.650. The molecule has 1 aliphatic heterocycles. The second kappa shape index (κ2) is 14.0. The van der Waals surface area contributed by atoms with Gasteiger partial charge in [0, 0.05) is 58.4 Å². The lowest BCUT2D eigenvalue weighted by Gasteiger charge is -2.49. The molecule has 5 nitrogen and oxygen atoms in total. The van der Waals surface area contributed by atoms with Crippen LogP contribution in [0.2, 0.25) is 5.02 Å². The number of carbonyl (C=O) groups excluding carboxylic acids is 2. The lowest BCUT2D eigenvalue weighted by molar-refractivity contribution is -0.119. The van der Waals surface area contributed by atoms with Crippen LogP contribution in [0.25, 0.3) is 0 Å². The molecule has 0 N–H and O–H groups in total. The first-order valence-electron chi connectivity index (χ1n) is 17.5. The fourth-order valence-corrected chi connectivity index (χ4v) is 8.12. The summed E-state index contributed by atoms with van der Waals surface area (Å²) in [6.07, 6.45) is 5.62. The van der Waals surface area contributed by atoms with Crippen molar-refractivity contribution in [3.63, 3.8) is 0 Å². The maximum Gasteiger partial charge on any atom is 0.165 e. The first kappa shape index (κ1) is 34.8. The highest BCUT2D eigenvalue weighted by atomic mass is 35.5. The van der Waals surface area contributed by atoms with Gasteiger partial charge in [-0.25, -0.2) is 0 Å². The predicted molar refractivity (Wildman–Crippen MR) is 197 cm³/mol. The summed E-state index contributed by atoms with van der Waals surface area (Å²) < 4.78 is 12.7. The minimum absolute atomic E-state index is 0.120. The maximum atomic E-state index is 14.4. The molecule has 0 atom stereocenters. The summed E-state index contributed by atoms with van der Waals surface area (Å²) in [6.45, 7) is 16.2. The number of rotatable bonds is 11. The van der Waals surface area contributed by atoms with Crippen molar-refractivity contribution < 1.29 is 19.1 Å². The molecule has 0 saturated heterocycles. The van der Waals surface area contributed by atoms with Gasteiger partial charge in [0.1, 0.15) is 6.61 Å². The Bertz CT molecular complexity index is 1780. The molecular weight excluding hydrogens is 630 g/mol. The highest BCUT2D eigenvalue weighted by molar-refractivity contribution is 6.30. The third-order valence-electron chi connectivity index (χ3n) is 9.91. The van der Waals surface area contributed by atoms with Gasteiger partial charge in [0.15, 0.2) is 23.1 Å². The summed E-state index contributed by atoms with van der Waals surface area (Å²) in [7, 11) is 0. The largest absolute Gasteiger partial charge is 0.490 e. The Morgan fingerprint density at radius 3 is 2.06 bits per heavy atom. The molecule has 3 aromatic rings. The molecule has 49 heavy (non-hydrogen) atoms. The van der Waals surface area contributed by atoms with Crippen molar-refractivity contribution in [1.82, 2.24) is 4.90 Å². The number of halogens is 1. The van der Waals surface area contributed by atoms with E-state index in [1.807, 2.05) is 49.4 Å². The Labute approximate surface area is 296 Å². The Hall–Kier alpha value is -4.09. The number of ketones is 2. The van der Waals surface area contributed by atoms with E-state index >= 15 is 0 Å². The van der Waals surface area contributed by atoms with E-state index < -0.39 is 5.92 Å². The van der Waals surface area contributed by atoms with Crippen LogP contribution in [0, 0.1) is 10.8 Å². The van der Waals surface area contributed by atoms with Crippen LogP contribution in [-0.2, 0) is 29.0 Å². The molecule has 3 aliphatic rings. The van der Waals surface area contributed by atoms with Crippen LogP contribution in [0.4, 0.5) is 0 Å². The molecule has 0 saturated carbocycles. The minimum Gasteiger partial charge on any atom is -0.490 e. The lowest BCUT2D eigenvalue weighted by Crippen LogP contribution is -2.45.